The summed E-state index contributed by atoms with van der Waals surface area (Å²) in [4.78, 5) is 32.1. The highest BCUT2D eigenvalue weighted by atomic mass is 16.2. The third-order valence-corrected chi connectivity index (χ3v) is 5.67. The Morgan fingerprint density at radius 2 is 1.76 bits per heavy atom. The van der Waals surface area contributed by atoms with Gasteiger partial charge in [0.05, 0.1) is 23.4 Å². The summed E-state index contributed by atoms with van der Waals surface area (Å²) < 4.78 is 0. The summed E-state index contributed by atoms with van der Waals surface area (Å²) in [6, 6.07) is 17.4. The van der Waals surface area contributed by atoms with Crippen molar-refractivity contribution in [3.05, 3.63) is 72.4 Å². The molecule has 1 unspecified atom stereocenters. The first-order chi connectivity index (χ1) is 15.9. The fourth-order valence-corrected chi connectivity index (χ4v) is 3.63. The van der Waals surface area contributed by atoms with Gasteiger partial charge < -0.3 is 27.4 Å². The molecular formula is C25H32N6O2. The van der Waals surface area contributed by atoms with Gasteiger partial charge >= 0.3 is 0 Å². The second-order valence-corrected chi connectivity index (χ2v) is 8.21. The highest BCUT2D eigenvalue weighted by Crippen LogP contribution is 2.20. The summed E-state index contributed by atoms with van der Waals surface area (Å²) in [6.45, 7) is 0.231. The maximum Gasteiger partial charge on any atom is 0.249 e. The number of para-hydroxylation sites is 1. The molecule has 0 fully saturated rings. The average Bonchev–Trinajstić information content (AvgIpc) is 2.85. The highest BCUT2D eigenvalue weighted by Gasteiger charge is 2.27. The highest BCUT2D eigenvalue weighted by molar-refractivity contribution is 6.00. The Morgan fingerprint density at radius 3 is 2.48 bits per heavy atom. The van der Waals surface area contributed by atoms with Crippen molar-refractivity contribution in [1.82, 2.24) is 10.3 Å². The average molecular weight is 449 g/mol. The number of aryl methyl sites for hydroxylation is 1. The molecule has 33 heavy (non-hydrogen) atoms. The van der Waals surface area contributed by atoms with E-state index in [1.807, 2.05) is 60.7 Å². The number of amides is 2. The fraction of sp³-hybridized carbons (Fsp3) is 0.320. The van der Waals surface area contributed by atoms with Gasteiger partial charge in [-0.15, -0.1) is 0 Å². The van der Waals surface area contributed by atoms with Gasteiger partial charge in [0, 0.05) is 25.0 Å². The molecule has 8 nitrogen and oxygen atoms in total. The van der Waals surface area contributed by atoms with Crippen molar-refractivity contribution in [3.8, 4) is 0 Å². The first-order valence-corrected chi connectivity index (χ1v) is 11.1. The Hall–Kier alpha value is -3.33. The van der Waals surface area contributed by atoms with E-state index < -0.39 is 18.0 Å². The molecule has 3 aromatic rings. The predicted molar refractivity (Wildman–Crippen MR) is 131 cm³/mol. The number of pyridine rings is 1. The van der Waals surface area contributed by atoms with Gasteiger partial charge in [0.25, 0.3) is 0 Å². The zero-order valence-electron chi connectivity index (χ0n) is 18.9. The van der Waals surface area contributed by atoms with Crippen molar-refractivity contribution in [1.29, 1.82) is 0 Å². The van der Waals surface area contributed by atoms with Crippen LogP contribution in [0.5, 0.6) is 0 Å². The molecule has 0 bridgehead atoms. The standard InChI is InChI=1S/C25H32N6O2/c1-31(20-13-18-9-5-6-10-22(18)29-16-20)25(33)23(12-11-17-7-3-2-4-8-17)30-24(32)21(28)14-19(27)15-26/h2-10,13,16,19,21,23H,11-12,14-15,26-28H2,1H3,(H,30,32)/t19?,21-,23+/m0/s1. The predicted octanol–water partition coefficient (Wildman–Crippen LogP) is 1.32. The minimum absolute atomic E-state index is 0.231. The number of hydrogen-bond donors (Lipinski definition) is 4. The van der Waals surface area contributed by atoms with Crippen LogP contribution in [0.2, 0.25) is 0 Å². The first-order valence-electron chi connectivity index (χ1n) is 11.1. The molecule has 0 aliphatic heterocycles. The summed E-state index contributed by atoms with van der Waals surface area (Å²) in [6.07, 6.45) is 2.95. The molecule has 3 rings (SSSR count). The molecule has 2 aromatic carbocycles. The van der Waals surface area contributed by atoms with Crippen LogP contribution in [0.25, 0.3) is 10.9 Å². The maximum atomic E-state index is 13.4. The number of aromatic nitrogens is 1. The molecule has 0 spiro atoms. The second kappa shape index (κ2) is 11.5. The van der Waals surface area contributed by atoms with E-state index in [0.717, 1.165) is 16.5 Å². The number of nitrogens with two attached hydrogens (primary N) is 3. The van der Waals surface area contributed by atoms with E-state index in [1.165, 1.54) is 4.90 Å². The molecule has 0 aliphatic rings. The lowest BCUT2D eigenvalue weighted by Gasteiger charge is -2.26. The molecule has 0 aliphatic carbocycles. The van der Waals surface area contributed by atoms with Crippen molar-refractivity contribution in [3.63, 3.8) is 0 Å². The minimum Gasteiger partial charge on any atom is -0.343 e. The van der Waals surface area contributed by atoms with Crippen LogP contribution in [0.15, 0.2) is 66.9 Å². The van der Waals surface area contributed by atoms with Crippen molar-refractivity contribution < 1.29 is 9.59 Å². The zero-order valence-corrected chi connectivity index (χ0v) is 18.9. The summed E-state index contributed by atoms with van der Waals surface area (Å²) in [7, 11) is 1.68. The largest absolute Gasteiger partial charge is 0.343 e. The van der Waals surface area contributed by atoms with Crippen LogP contribution in [-0.4, -0.2) is 48.5 Å². The summed E-state index contributed by atoms with van der Waals surface area (Å²) in [5, 5.41) is 3.76. The molecule has 0 saturated heterocycles. The number of carbonyl (C=O) groups is 2. The van der Waals surface area contributed by atoms with Crippen molar-refractivity contribution in [2.24, 2.45) is 17.2 Å². The van der Waals surface area contributed by atoms with Crippen LogP contribution < -0.4 is 27.4 Å². The molecule has 7 N–H and O–H groups in total. The number of nitrogens with one attached hydrogen (secondary N) is 1. The quantitative estimate of drug-likeness (QED) is 0.369. The molecule has 0 saturated carbocycles. The summed E-state index contributed by atoms with van der Waals surface area (Å²) in [5.41, 5.74) is 20.0. The number of rotatable bonds is 10. The van der Waals surface area contributed by atoms with E-state index in [1.54, 1.807) is 13.2 Å². The van der Waals surface area contributed by atoms with Crippen LogP contribution >= 0.6 is 0 Å². The van der Waals surface area contributed by atoms with Gasteiger partial charge in [0.15, 0.2) is 0 Å². The monoisotopic (exact) mass is 448 g/mol. The fourth-order valence-electron chi connectivity index (χ4n) is 3.63. The smallest absolute Gasteiger partial charge is 0.249 e. The van der Waals surface area contributed by atoms with E-state index in [0.29, 0.717) is 18.5 Å². The van der Waals surface area contributed by atoms with Gasteiger partial charge in [-0.2, -0.15) is 0 Å². The Bertz CT molecular complexity index is 1070. The van der Waals surface area contributed by atoms with Gasteiger partial charge in [-0.3, -0.25) is 14.6 Å². The molecule has 3 atom stereocenters. The van der Waals surface area contributed by atoms with Gasteiger partial charge in [0.1, 0.15) is 6.04 Å². The molecule has 1 aromatic heterocycles. The molecule has 174 valence electrons. The van der Waals surface area contributed by atoms with E-state index in [4.69, 9.17) is 17.2 Å². The molecule has 8 heteroatoms. The van der Waals surface area contributed by atoms with Crippen LogP contribution in [0, 0.1) is 0 Å². The van der Waals surface area contributed by atoms with Crippen LogP contribution in [0.4, 0.5) is 5.69 Å². The molecule has 2 amide bonds. The van der Waals surface area contributed by atoms with Crippen LogP contribution in [-0.2, 0) is 16.0 Å². The Morgan fingerprint density at radius 1 is 1.06 bits per heavy atom. The van der Waals surface area contributed by atoms with Gasteiger partial charge in [0.2, 0.25) is 11.8 Å². The Kier molecular flexibility index (Phi) is 8.48. The number of fused-ring (bicyclic) bond motifs is 1. The number of benzene rings is 2. The maximum absolute atomic E-state index is 13.4. The lowest BCUT2D eigenvalue weighted by atomic mass is 10.0. The normalized spacial score (nSPS) is 13.8. The summed E-state index contributed by atoms with van der Waals surface area (Å²) >= 11 is 0. The van der Waals surface area contributed by atoms with E-state index in [9.17, 15) is 9.59 Å². The third-order valence-electron chi connectivity index (χ3n) is 5.67. The third kappa shape index (κ3) is 6.58. The number of hydrogen-bond acceptors (Lipinski definition) is 6. The molecule has 0 radical (unpaired) electrons. The number of likely N-dealkylation sites (N-methyl/N-ethyl adjacent to an activating group) is 1. The first kappa shape index (κ1) is 24.3. The Balaban J connectivity index is 1.78. The Labute approximate surface area is 194 Å². The topological polar surface area (TPSA) is 140 Å². The summed E-state index contributed by atoms with van der Waals surface area (Å²) in [5.74, 6) is -0.665. The number of carbonyl (C=O) groups excluding carboxylic acids is 2. The molecule has 1 heterocycles. The second-order valence-electron chi connectivity index (χ2n) is 8.21. The number of nitrogens with zero attached hydrogens (tertiary/aromatic N) is 2. The van der Waals surface area contributed by atoms with E-state index in [-0.39, 0.29) is 24.9 Å². The van der Waals surface area contributed by atoms with E-state index >= 15 is 0 Å². The van der Waals surface area contributed by atoms with Crippen molar-refractivity contribution in [2.45, 2.75) is 37.4 Å². The van der Waals surface area contributed by atoms with Crippen LogP contribution in [0.3, 0.4) is 0 Å². The van der Waals surface area contributed by atoms with Gasteiger partial charge in [-0.25, -0.2) is 0 Å². The minimum atomic E-state index is -0.844. The number of anilines is 1. The lowest BCUT2D eigenvalue weighted by Crippen LogP contribution is -2.53. The van der Waals surface area contributed by atoms with Crippen molar-refractivity contribution in [2.75, 3.05) is 18.5 Å². The van der Waals surface area contributed by atoms with E-state index in [2.05, 4.69) is 10.3 Å². The molecular weight excluding hydrogens is 416 g/mol. The zero-order chi connectivity index (χ0) is 23.8. The van der Waals surface area contributed by atoms with Gasteiger partial charge in [-0.1, -0.05) is 48.5 Å². The van der Waals surface area contributed by atoms with Crippen molar-refractivity contribution >= 4 is 28.4 Å². The van der Waals surface area contributed by atoms with Crippen LogP contribution in [0.1, 0.15) is 18.4 Å². The van der Waals surface area contributed by atoms with Gasteiger partial charge in [-0.05, 0) is 37.0 Å². The SMILES string of the molecule is CN(C(=O)[C@@H](CCc1ccccc1)NC(=O)[C@@H](N)CC(N)CN)c1cnc2ccccc2c1. The lowest BCUT2D eigenvalue weighted by molar-refractivity contribution is -0.128.